The van der Waals surface area contributed by atoms with Crippen molar-refractivity contribution in [3.8, 4) is 5.75 Å². The van der Waals surface area contributed by atoms with Crippen molar-refractivity contribution < 1.29 is 23.0 Å². The zero-order chi connectivity index (χ0) is 15.6. The fraction of sp³-hybridized carbons (Fsp3) is 0.250. The van der Waals surface area contributed by atoms with Crippen LogP contribution in [0.25, 0.3) is 0 Å². The second-order valence-electron chi connectivity index (χ2n) is 4.83. The van der Waals surface area contributed by atoms with Gasteiger partial charge in [0.05, 0.1) is 0 Å². The predicted octanol–water partition coefficient (Wildman–Crippen LogP) is 4.28. The molecule has 21 heavy (non-hydrogen) atoms. The molecule has 0 fully saturated rings. The minimum absolute atomic E-state index is 0.0816. The number of alkyl halides is 3. The molecule has 0 aromatic heterocycles. The average Bonchev–Trinajstić information content (AvgIpc) is 2.40. The normalized spacial score (nSPS) is 13.0. The van der Waals surface area contributed by atoms with E-state index in [4.69, 9.17) is 0 Å². The third-order valence-corrected chi connectivity index (χ3v) is 3.29. The zero-order valence-electron chi connectivity index (χ0n) is 11.6. The smallest absolute Gasteiger partial charge is 0.405 e. The molecule has 2 aromatic rings. The maximum Gasteiger partial charge on any atom is 0.573 e. The fourth-order valence-electron chi connectivity index (χ4n) is 2.04. The minimum Gasteiger partial charge on any atom is -0.405 e. The van der Waals surface area contributed by atoms with Crippen LogP contribution in [0.5, 0.6) is 5.75 Å². The Labute approximate surface area is 120 Å². The molecule has 112 valence electrons. The molecule has 0 spiro atoms. The van der Waals surface area contributed by atoms with E-state index in [1.807, 2.05) is 19.9 Å². The van der Waals surface area contributed by atoms with Crippen molar-refractivity contribution in [2.24, 2.45) is 0 Å². The Hall–Kier alpha value is -2.01. The molecule has 0 aliphatic rings. The fourth-order valence-corrected chi connectivity index (χ4v) is 2.04. The van der Waals surface area contributed by atoms with Gasteiger partial charge in [-0.3, -0.25) is 0 Å². The van der Waals surface area contributed by atoms with Crippen molar-refractivity contribution >= 4 is 0 Å². The molecule has 1 unspecified atom stereocenters. The van der Waals surface area contributed by atoms with Gasteiger partial charge in [-0.25, -0.2) is 0 Å². The van der Waals surface area contributed by atoms with Gasteiger partial charge in [0, 0.05) is 5.56 Å². The van der Waals surface area contributed by atoms with Crippen LogP contribution in [0.15, 0.2) is 42.5 Å². The quantitative estimate of drug-likeness (QED) is 0.916. The Kier molecular flexibility index (Phi) is 4.23. The van der Waals surface area contributed by atoms with Gasteiger partial charge >= 0.3 is 6.36 Å². The third kappa shape index (κ3) is 3.76. The number of halogens is 3. The van der Waals surface area contributed by atoms with Crippen LogP contribution in [-0.4, -0.2) is 11.5 Å². The average molecular weight is 296 g/mol. The number of hydrogen-bond acceptors (Lipinski definition) is 2. The van der Waals surface area contributed by atoms with Crippen LogP contribution in [-0.2, 0) is 0 Å². The van der Waals surface area contributed by atoms with Gasteiger partial charge in [0.15, 0.2) is 0 Å². The van der Waals surface area contributed by atoms with Crippen LogP contribution in [0, 0.1) is 13.8 Å². The first-order chi connectivity index (χ1) is 9.78. The molecule has 2 rings (SSSR count). The summed E-state index contributed by atoms with van der Waals surface area (Å²) in [7, 11) is 0. The summed E-state index contributed by atoms with van der Waals surface area (Å²) in [4.78, 5) is 0. The monoisotopic (exact) mass is 296 g/mol. The lowest BCUT2D eigenvalue weighted by Gasteiger charge is -2.18. The lowest BCUT2D eigenvalue weighted by atomic mass is 9.97. The summed E-state index contributed by atoms with van der Waals surface area (Å²) in [6, 6.07) is 10.9. The van der Waals surface area contributed by atoms with Crippen molar-refractivity contribution in [1.82, 2.24) is 0 Å². The van der Waals surface area contributed by atoms with E-state index in [-0.39, 0.29) is 5.56 Å². The van der Waals surface area contributed by atoms with E-state index >= 15 is 0 Å². The molecule has 0 saturated heterocycles. The number of para-hydroxylation sites is 1. The van der Waals surface area contributed by atoms with Crippen LogP contribution < -0.4 is 4.74 Å². The van der Waals surface area contributed by atoms with Crippen molar-refractivity contribution in [3.63, 3.8) is 0 Å². The molecule has 0 amide bonds. The Morgan fingerprint density at radius 2 is 1.67 bits per heavy atom. The number of benzene rings is 2. The highest BCUT2D eigenvalue weighted by Gasteiger charge is 2.32. The lowest BCUT2D eigenvalue weighted by molar-refractivity contribution is -0.275. The Morgan fingerprint density at radius 1 is 1.00 bits per heavy atom. The molecule has 2 nitrogen and oxygen atoms in total. The van der Waals surface area contributed by atoms with E-state index in [0.29, 0.717) is 5.56 Å². The SMILES string of the molecule is Cc1ccc(C(O)c2ccccc2OC(F)(F)F)cc1C. The van der Waals surface area contributed by atoms with Gasteiger partial charge in [-0.1, -0.05) is 36.4 Å². The van der Waals surface area contributed by atoms with E-state index in [1.165, 1.54) is 18.2 Å². The Bertz CT molecular complexity index is 636. The maximum atomic E-state index is 12.4. The molecule has 0 heterocycles. The van der Waals surface area contributed by atoms with Gasteiger partial charge in [0.2, 0.25) is 0 Å². The number of ether oxygens (including phenoxy) is 1. The molecule has 0 aliphatic carbocycles. The summed E-state index contributed by atoms with van der Waals surface area (Å²) in [5, 5.41) is 10.3. The zero-order valence-corrected chi connectivity index (χ0v) is 11.6. The summed E-state index contributed by atoms with van der Waals surface area (Å²) >= 11 is 0. The highest BCUT2D eigenvalue weighted by Crippen LogP contribution is 2.33. The number of aliphatic hydroxyl groups excluding tert-OH is 1. The summed E-state index contributed by atoms with van der Waals surface area (Å²) in [5.41, 5.74) is 2.61. The second-order valence-corrected chi connectivity index (χ2v) is 4.83. The van der Waals surface area contributed by atoms with Crippen LogP contribution in [0.3, 0.4) is 0 Å². The van der Waals surface area contributed by atoms with Crippen LogP contribution in [0.1, 0.15) is 28.4 Å². The summed E-state index contributed by atoms with van der Waals surface area (Å²) in [6.07, 6.45) is -5.97. The largest absolute Gasteiger partial charge is 0.573 e. The first-order valence-electron chi connectivity index (χ1n) is 6.38. The first-order valence-corrected chi connectivity index (χ1v) is 6.38. The number of aryl methyl sites for hydroxylation is 2. The van der Waals surface area contributed by atoms with Gasteiger partial charge in [0.1, 0.15) is 11.9 Å². The van der Waals surface area contributed by atoms with Crippen molar-refractivity contribution in [1.29, 1.82) is 0 Å². The van der Waals surface area contributed by atoms with E-state index in [2.05, 4.69) is 4.74 Å². The van der Waals surface area contributed by atoms with E-state index in [0.717, 1.165) is 11.1 Å². The van der Waals surface area contributed by atoms with Gasteiger partial charge in [-0.15, -0.1) is 13.2 Å². The van der Waals surface area contributed by atoms with Gasteiger partial charge in [-0.2, -0.15) is 0 Å². The van der Waals surface area contributed by atoms with E-state index in [9.17, 15) is 18.3 Å². The second kappa shape index (κ2) is 5.77. The standard InChI is InChI=1S/C16H15F3O2/c1-10-7-8-12(9-11(10)2)15(20)13-5-3-4-6-14(13)21-16(17,18)19/h3-9,15,20H,1-2H3. The number of rotatable bonds is 3. The topological polar surface area (TPSA) is 29.5 Å². The molecule has 1 N–H and O–H groups in total. The van der Waals surface area contributed by atoms with Crippen LogP contribution in [0.2, 0.25) is 0 Å². The van der Waals surface area contributed by atoms with Crippen molar-refractivity contribution in [2.45, 2.75) is 26.3 Å². The molecule has 0 radical (unpaired) electrons. The molecule has 1 atom stereocenters. The van der Waals surface area contributed by atoms with Crippen LogP contribution in [0.4, 0.5) is 13.2 Å². The highest BCUT2D eigenvalue weighted by molar-refractivity contribution is 5.42. The lowest BCUT2D eigenvalue weighted by Crippen LogP contribution is -2.18. The Balaban J connectivity index is 2.38. The summed E-state index contributed by atoms with van der Waals surface area (Å²) in [6.45, 7) is 3.80. The molecule has 0 saturated carbocycles. The molecule has 5 heteroatoms. The number of hydrogen-bond donors (Lipinski definition) is 1. The summed E-state index contributed by atoms with van der Waals surface area (Å²) < 4.78 is 41.2. The molecule has 0 bridgehead atoms. The van der Waals surface area contributed by atoms with Gasteiger partial charge in [-0.05, 0) is 36.6 Å². The summed E-state index contributed by atoms with van der Waals surface area (Å²) in [5.74, 6) is -0.393. The van der Waals surface area contributed by atoms with Crippen molar-refractivity contribution in [2.75, 3.05) is 0 Å². The van der Waals surface area contributed by atoms with Crippen molar-refractivity contribution in [3.05, 3.63) is 64.7 Å². The van der Waals surface area contributed by atoms with Gasteiger partial charge < -0.3 is 9.84 Å². The predicted molar refractivity (Wildman–Crippen MR) is 73.1 cm³/mol. The minimum atomic E-state index is -4.79. The van der Waals surface area contributed by atoms with E-state index < -0.39 is 18.2 Å². The van der Waals surface area contributed by atoms with Gasteiger partial charge in [0.25, 0.3) is 0 Å². The highest BCUT2D eigenvalue weighted by atomic mass is 19.4. The van der Waals surface area contributed by atoms with Crippen LogP contribution >= 0.6 is 0 Å². The maximum absolute atomic E-state index is 12.4. The Morgan fingerprint density at radius 3 is 2.29 bits per heavy atom. The molecular formula is C16H15F3O2. The first kappa shape index (κ1) is 15.4. The molecular weight excluding hydrogens is 281 g/mol. The third-order valence-electron chi connectivity index (χ3n) is 3.29. The molecule has 2 aromatic carbocycles. The van der Waals surface area contributed by atoms with E-state index in [1.54, 1.807) is 18.2 Å². The molecule has 0 aliphatic heterocycles. The number of aliphatic hydroxyl groups is 1.